The lowest BCUT2D eigenvalue weighted by molar-refractivity contribution is -0.149. The molecular weight excluding hydrogens is 824 g/mol. The van der Waals surface area contributed by atoms with Crippen molar-refractivity contribution in [1.29, 1.82) is 0 Å². The van der Waals surface area contributed by atoms with Crippen LogP contribution in [0.2, 0.25) is 0 Å². The lowest BCUT2D eigenvalue weighted by Gasteiger charge is -2.34. The van der Waals surface area contributed by atoms with Gasteiger partial charge in [0.05, 0.1) is 25.6 Å². The topological polar surface area (TPSA) is 291 Å². The number of nitrogens with one attached hydrogen (secondary N) is 2. The zero-order valence-electron chi connectivity index (χ0n) is 32.0. The molecule has 0 spiro atoms. The Hall–Kier alpha value is -4.32. The number of aliphatic hydroxyl groups is 1. The quantitative estimate of drug-likeness (QED) is 0.0783. The number of aromatic amines is 1. The number of phosphoric acid groups is 1. The van der Waals surface area contributed by atoms with Gasteiger partial charge in [-0.3, -0.25) is 41.8 Å². The second-order valence-corrected chi connectivity index (χ2v) is 17.1. The number of hydrogen-bond acceptors (Lipinski definition) is 19. The number of fused-ring (bicyclic) bond motifs is 2. The number of anilines is 1. The molecule has 27 heteroatoms. The number of alkyl halides is 2. The van der Waals surface area contributed by atoms with Crippen LogP contribution in [0.25, 0.3) is 11.2 Å². The molecule has 3 aliphatic rings. The van der Waals surface area contributed by atoms with Crippen molar-refractivity contribution in [2.24, 2.45) is 0 Å². The highest BCUT2D eigenvalue weighted by Crippen LogP contribution is 2.61. The van der Waals surface area contributed by atoms with Gasteiger partial charge < -0.3 is 34.3 Å². The van der Waals surface area contributed by atoms with Crippen LogP contribution in [-0.4, -0.2) is 101 Å². The number of nitrogens with two attached hydrogens (primary N) is 1. The fourth-order valence-corrected chi connectivity index (χ4v) is 9.22. The van der Waals surface area contributed by atoms with E-state index in [0.717, 1.165) is 33.0 Å². The molecule has 11 unspecified atom stereocenters. The van der Waals surface area contributed by atoms with E-state index in [-0.39, 0.29) is 29.6 Å². The highest BCUT2D eigenvalue weighted by Gasteiger charge is 2.62. The van der Waals surface area contributed by atoms with E-state index in [0.29, 0.717) is 10.8 Å². The van der Waals surface area contributed by atoms with Crippen LogP contribution in [0, 0.1) is 0 Å². The third-order valence-electron chi connectivity index (χ3n) is 8.83. The minimum atomic E-state index is -4.94. The third kappa shape index (κ3) is 8.54. The Morgan fingerprint density at radius 2 is 1.93 bits per heavy atom. The van der Waals surface area contributed by atoms with E-state index in [1.54, 1.807) is 20.8 Å². The average Bonchev–Trinajstić information content (AvgIpc) is 3.71. The Labute approximate surface area is 327 Å². The molecule has 23 nitrogen and oxygen atoms in total. The average molecular weight is 867 g/mol. The van der Waals surface area contributed by atoms with Gasteiger partial charge in [-0.15, -0.1) is 0 Å². The number of ether oxygens (including phenoxy) is 4. The Kier molecular flexibility index (Phi) is 12.0. The summed E-state index contributed by atoms with van der Waals surface area (Å²) in [5.41, 5.74) is -0.933. The number of aliphatic hydroxyl groups excluding tert-OH is 1. The molecule has 0 amide bonds. The van der Waals surface area contributed by atoms with Crippen molar-refractivity contribution >= 4 is 38.7 Å². The van der Waals surface area contributed by atoms with Gasteiger partial charge in [0, 0.05) is 12.3 Å². The molecule has 3 aromatic rings. The first kappa shape index (κ1) is 43.3. The molecule has 3 aliphatic heterocycles. The molecule has 0 aliphatic carbocycles. The summed E-state index contributed by atoms with van der Waals surface area (Å²) in [4.78, 5) is 50.9. The number of nitrogens with zero attached hydrogens (tertiary/aromatic N) is 5. The van der Waals surface area contributed by atoms with Crippen molar-refractivity contribution in [3.8, 4) is 5.88 Å². The molecule has 58 heavy (non-hydrogen) atoms. The number of carbonyl (C=O) groups is 1. The summed E-state index contributed by atoms with van der Waals surface area (Å²) in [6, 6.07) is -0.504. The van der Waals surface area contributed by atoms with Crippen LogP contribution in [0.1, 0.15) is 60.9 Å². The summed E-state index contributed by atoms with van der Waals surface area (Å²) in [6.45, 7) is 8.86. The Bertz CT molecular complexity index is 2290. The van der Waals surface area contributed by atoms with Gasteiger partial charge >= 0.3 is 27.2 Å². The molecule has 0 radical (unpaired) electrons. The number of carbonyl (C=O) groups excluding carboxylic acids is 1. The van der Waals surface area contributed by atoms with Crippen LogP contribution in [0.5, 0.6) is 5.88 Å². The smallest absolute Gasteiger partial charge is 0.476 e. The number of halogens is 2. The zero-order chi connectivity index (χ0) is 42.5. The number of nitrogen functional groups attached to an aromatic ring is 1. The SMILES string of the molecule is CCOc1nc(N)nc2c1ncn2C1OC2COP(=O)(OC(C)OP(=O)(NC(C)C(=O)OC(C)C)OC=C3OC(n4ccc(=O)[nH]c4=O)C(C)(F)C3O)OC2C1(C)F. The Morgan fingerprint density at radius 1 is 1.21 bits per heavy atom. The maximum Gasteiger partial charge on any atom is 0.477 e. The normalized spacial score (nSPS) is 32.4. The summed E-state index contributed by atoms with van der Waals surface area (Å²) in [5.74, 6) is -1.74. The molecule has 6 rings (SSSR count). The molecule has 5 N–H and O–H groups in total. The first-order valence-corrected chi connectivity index (χ1v) is 20.7. The third-order valence-corrected chi connectivity index (χ3v) is 12.0. The molecule has 0 bridgehead atoms. The standard InChI is InChI=1S/C31H42F2N8O15P2/c1-8-48-24-20-23(37-28(34)38-24)41(13-35-20)27-31(7,33)22-18(53-27)12-50-58(47,56-22)55-16(5)54-57(46,39-15(4)25(44)51-14(2)3)49-11-17-21(43)30(6,32)26(52-17)40-10-9-19(42)36-29(40)45/h9-11,13-16,18,21-22,26-27,43H,8,12H2,1-7H3,(H,39,46)(H2,34,37,38)(H,36,42,45). The van der Waals surface area contributed by atoms with E-state index in [2.05, 4.69) is 20.0 Å². The predicted molar refractivity (Wildman–Crippen MR) is 192 cm³/mol. The highest BCUT2D eigenvalue weighted by atomic mass is 31.2. The maximum absolute atomic E-state index is 16.7. The molecule has 3 aromatic heterocycles. The van der Waals surface area contributed by atoms with Gasteiger partial charge in [-0.1, -0.05) is 0 Å². The first-order chi connectivity index (χ1) is 27.1. The molecule has 0 saturated carbocycles. The van der Waals surface area contributed by atoms with E-state index in [1.165, 1.54) is 17.8 Å². The van der Waals surface area contributed by atoms with Gasteiger partial charge in [-0.05, 0) is 48.5 Å². The monoisotopic (exact) mass is 866 g/mol. The van der Waals surface area contributed by atoms with Crippen LogP contribution >= 0.6 is 15.6 Å². The van der Waals surface area contributed by atoms with Crippen LogP contribution in [-0.2, 0) is 50.8 Å². The number of aromatic nitrogens is 6. The van der Waals surface area contributed by atoms with E-state index in [1.807, 2.05) is 4.98 Å². The lowest BCUT2D eigenvalue weighted by atomic mass is 9.98. The van der Waals surface area contributed by atoms with E-state index in [4.69, 9.17) is 47.3 Å². The number of H-pyrrole nitrogens is 1. The summed E-state index contributed by atoms with van der Waals surface area (Å²) in [7, 11) is -9.73. The summed E-state index contributed by atoms with van der Waals surface area (Å²) in [5, 5.41) is 13.1. The van der Waals surface area contributed by atoms with Gasteiger partial charge in [-0.2, -0.15) is 15.1 Å². The van der Waals surface area contributed by atoms with Crippen molar-refractivity contribution in [3.63, 3.8) is 0 Å². The fourth-order valence-electron chi connectivity index (χ4n) is 6.20. The Balaban J connectivity index is 1.20. The van der Waals surface area contributed by atoms with Crippen LogP contribution < -0.4 is 26.8 Å². The maximum atomic E-state index is 16.7. The lowest BCUT2D eigenvalue weighted by Crippen LogP contribution is -2.45. The molecule has 0 aromatic carbocycles. The number of hydrogen-bond donors (Lipinski definition) is 4. The fraction of sp³-hybridized carbons (Fsp3) is 0.613. The Morgan fingerprint density at radius 3 is 2.60 bits per heavy atom. The highest BCUT2D eigenvalue weighted by molar-refractivity contribution is 7.52. The van der Waals surface area contributed by atoms with Gasteiger partial charge in [0.2, 0.25) is 18.1 Å². The van der Waals surface area contributed by atoms with Crippen molar-refractivity contribution in [1.82, 2.24) is 34.2 Å². The second-order valence-electron chi connectivity index (χ2n) is 13.9. The summed E-state index contributed by atoms with van der Waals surface area (Å²) in [6.07, 6.45) is -7.99. The summed E-state index contributed by atoms with van der Waals surface area (Å²) < 4.78 is 112. The largest absolute Gasteiger partial charge is 0.477 e. The van der Waals surface area contributed by atoms with Crippen molar-refractivity contribution < 1.29 is 69.4 Å². The minimum Gasteiger partial charge on any atom is -0.476 e. The van der Waals surface area contributed by atoms with Crippen LogP contribution in [0.3, 0.4) is 0 Å². The van der Waals surface area contributed by atoms with Gasteiger partial charge in [0.1, 0.15) is 24.5 Å². The van der Waals surface area contributed by atoms with Gasteiger partial charge in [0.25, 0.3) is 5.56 Å². The molecule has 320 valence electrons. The van der Waals surface area contributed by atoms with Crippen LogP contribution in [0.15, 0.2) is 40.2 Å². The van der Waals surface area contributed by atoms with Gasteiger partial charge in [-0.25, -0.2) is 27.7 Å². The molecule has 3 saturated heterocycles. The predicted octanol–water partition coefficient (Wildman–Crippen LogP) is 2.40. The zero-order valence-corrected chi connectivity index (χ0v) is 33.8. The number of phosphoric ester groups is 1. The summed E-state index contributed by atoms with van der Waals surface area (Å²) >= 11 is 0. The molecule has 11 atom stereocenters. The molecule has 6 heterocycles. The number of esters is 1. The molecular formula is C31H42F2N8O15P2. The van der Waals surface area contributed by atoms with Crippen molar-refractivity contribution in [2.45, 2.75) is 109 Å². The number of rotatable bonds is 14. The second kappa shape index (κ2) is 16.0. The van der Waals surface area contributed by atoms with E-state index >= 15 is 8.78 Å². The van der Waals surface area contributed by atoms with Gasteiger partial charge in [0.15, 0.2) is 46.9 Å². The van der Waals surface area contributed by atoms with Crippen molar-refractivity contribution in [3.05, 3.63) is 51.4 Å². The van der Waals surface area contributed by atoms with E-state index < -0.39 is 106 Å². The molecule has 3 fully saturated rings. The number of imidazole rings is 1. The minimum absolute atomic E-state index is 0.0593. The van der Waals surface area contributed by atoms with Crippen molar-refractivity contribution in [2.75, 3.05) is 18.9 Å². The van der Waals surface area contributed by atoms with Crippen LogP contribution in [0.4, 0.5) is 14.7 Å². The van der Waals surface area contributed by atoms with E-state index in [9.17, 15) is 28.6 Å². The first-order valence-electron chi connectivity index (χ1n) is 17.7.